The van der Waals surface area contributed by atoms with Crippen LogP contribution in [0.5, 0.6) is 5.75 Å². The fourth-order valence-electron chi connectivity index (χ4n) is 3.07. The zero-order chi connectivity index (χ0) is 22.8. The summed E-state index contributed by atoms with van der Waals surface area (Å²) in [4.78, 5) is 37.2. The Hall–Kier alpha value is -4.07. The molecule has 0 bridgehead atoms. The van der Waals surface area contributed by atoms with Crippen molar-refractivity contribution in [3.63, 3.8) is 0 Å². The van der Waals surface area contributed by atoms with Crippen LogP contribution in [0, 0.1) is 0 Å². The number of amides is 3. The summed E-state index contributed by atoms with van der Waals surface area (Å²) >= 11 is 0. The molecule has 3 rings (SSSR count). The molecule has 1 heterocycles. The first kappa shape index (κ1) is 22.6. The van der Waals surface area contributed by atoms with Gasteiger partial charge < -0.3 is 25.5 Å². The molecule has 2 aromatic carbocycles. The number of phenolic OH excluding ortho intramolecular Hbond substituents is 1. The van der Waals surface area contributed by atoms with Gasteiger partial charge in [0.2, 0.25) is 5.91 Å². The predicted octanol–water partition coefficient (Wildman–Crippen LogP) is 2.26. The molecule has 0 saturated carbocycles. The lowest BCUT2D eigenvalue weighted by atomic mass is 10.0. The number of nitrogens with one attached hydrogen (secondary N) is 3. The van der Waals surface area contributed by atoms with Crippen LogP contribution < -0.4 is 16.0 Å². The molecule has 166 valence electrons. The lowest BCUT2D eigenvalue weighted by Gasteiger charge is -2.18. The van der Waals surface area contributed by atoms with Gasteiger partial charge in [0, 0.05) is 25.1 Å². The number of hydrogen-bond donors (Lipinski definition) is 4. The minimum absolute atomic E-state index is 0.0194. The summed E-state index contributed by atoms with van der Waals surface area (Å²) in [6.07, 6.45) is 2.22. The second kappa shape index (κ2) is 11.4. The van der Waals surface area contributed by atoms with Crippen molar-refractivity contribution in [3.05, 3.63) is 89.9 Å². The molecule has 8 nitrogen and oxygen atoms in total. The Morgan fingerprint density at radius 3 is 2.38 bits per heavy atom. The highest BCUT2D eigenvalue weighted by Crippen LogP contribution is 2.10. The quantitative estimate of drug-likeness (QED) is 0.364. The highest BCUT2D eigenvalue weighted by atomic mass is 16.3. The molecule has 0 fully saturated rings. The number of benzene rings is 2. The lowest BCUT2D eigenvalue weighted by Crippen LogP contribution is -2.48. The maximum absolute atomic E-state index is 12.7. The number of aromatic hydroxyl groups is 1. The van der Waals surface area contributed by atoms with E-state index in [9.17, 15) is 19.5 Å². The molecule has 0 saturated heterocycles. The maximum Gasteiger partial charge on any atom is 0.287 e. The molecular weight excluding hydrogens is 410 g/mol. The third-order valence-corrected chi connectivity index (χ3v) is 4.70. The molecule has 3 aromatic rings. The van der Waals surface area contributed by atoms with Crippen molar-refractivity contribution >= 4 is 17.7 Å². The van der Waals surface area contributed by atoms with Gasteiger partial charge in [-0.3, -0.25) is 14.4 Å². The predicted molar refractivity (Wildman–Crippen MR) is 118 cm³/mol. The molecule has 32 heavy (non-hydrogen) atoms. The molecule has 1 aromatic heterocycles. The van der Waals surface area contributed by atoms with Crippen LogP contribution >= 0.6 is 0 Å². The van der Waals surface area contributed by atoms with Gasteiger partial charge in [0.05, 0.1) is 6.26 Å². The first-order chi connectivity index (χ1) is 15.5. The highest BCUT2D eigenvalue weighted by molar-refractivity contribution is 5.95. The van der Waals surface area contributed by atoms with Crippen molar-refractivity contribution in [1.82, 2.24) is 16.0 Å². The van der Waals surface area contributed by atoms with Crippen molar-refractivity contribution in [2.75, 3.05) is 13.1 Å². The van der Waals surface area contributed by atoms with Gasteiger partial charge in [-0.05, 0) is 42.3 Å². The van der Waals surface area contributed by atoms with Crippen molar-refractivity contribution in [3.8, 4) is 5.75 Å². The number of furan rings is 1. The Labute approximate surface area is 185 Å². The summed E-state index contributed by atoms with van der Waals surface area (Å²) < 4.78 is 5.11. The van der Waals surface area contributed by atoms with E-state index < -0.39 is 11.9 Å². The number of hydrogen-bond acceptors (Lipinski definition) is 5. The Morgan fingerprint density at radius 1 is 0.875 bits per heavy atom. The van der Waals surface area contributed by atoms with Gasteiger partial charge in [0.25, 0.3) is 11.8 Å². The molecule has 1 unspecified atom stereocenters. The number of phenols is 1. The average molecular weight is 435 g/mol. The molecule has 0 aliphatic heterocycles. The Balaban J connectivity index is 1.49. The zero-order valence-corrected chi connectivity index (χ0v) is 17.4. The van der Waals surface area contributed by atoms with Crippen LogP contribution in [-0.4, -0.2) is 42.0 Å². The summed E-state index contributed by atoms with van der Waals surface area (Å²) in [5, 5.41) is 17.7. The average Bonchev–Trinajstić information content (AvgIpc) is 3.34. The third-order valence-electron chi connectivity index (χ3n) is 4.70. The molecule has 0 spiro atoms. The summed E-state index contributed by atoms with van der Waals surface area (Å²) in [5.41, 5.74) is 1.27. The fraction of sp³-hybridized carbons (Fsp3) is 0.208. The minimum atomic E-state index is -0.781. The van der Waals surface area contributed by atoms with Crippen molar-refractivity contribution in [1.29, 1.82) is 0 Å². The van der Waals surface area contributed by atoms with E-state index in [2.05, 4.69) is 16.0 Å². The van der Waals surface area contributed by atoms with Crippen LogP contribution in [0.15, 0.2) is 77.4 Å². The van der Waals surface area contributed by atoms with E-state index in [1.54, 1.807) is 18.2 Å². The first-order valence-electron chi connectivity index (χ1n) is 10.3. The Kier molecular flexibility index (Phi) is 8.02. The van der Waals surface area contributed by atoms with E-state index in [4.69, 9.17) is 4.42 Å². The summed E-state index contributed by atoms with van der Waals surface area (Å²) in [5.74, 6) is -0.950. The maximum atomic E-state index is 12.7. The Morgan fingerprint density at radius 2 is 1.66 bits per heavy atom. The zero-order valence-electron chi connectivity index (χ0n) is 17.4. The molecule has 3 amide bonds. The SMILES string of the molecule is O=C(NCCCNC(=O)C(Cc1ccccc1)NC(=O)c1ccco1)c1cccc(O)c1. The molecule has 0 aliphatic rings. The van der Waals surface area contributed by atoms with E-state index in [0.29, 0.717) is 31.5 Å². The van der Waals surface area contributed by atoms with Gasteiger partial charge in [-0.1, -0.05) is 36.4 Å². The lowest BCUT2D eigenvalue weighted by molar-refractivity contribution is -0.122. The van der Waals surface area contributed by atoms with Crippen LogP contribution in [0.1, 0.15) is 32.9 Å². The van der Waals surface area contributed by atoms with Crippen molar-refractivity contribution in [2.24, 2.45) is 0 Å². The van der Waals surface area contributed by atoms with Gasteiger partial charge in [0.15, 0.2) is 5.76 Å². The molecule has 8 heteroatoms. The number of rotatable bonds is 10. The van der Waals surface area contributed by atoms with Crippen LogP contribution in [0.25, 0.3) is 0 Å². The topological polar surface area (TPSA) is 121 Å². The largest absolute Gasteiger partial charge is 0.508 e. The Bertz CT molecular complexity index is 1030. The van der Waals surface area contributed by atoms with Crippen LogP contribution in [0.4, 0.5) is 0 Å². The summed E-state index contributed by atoms with van der Waals surface area (Å²) in [6, 6.07) is 17.8. The van der Waals surface area contributed by atoms with Gasteiger partial charge >= 0.3 is 0 Å². The van der Waals surface area contributed by atoms with E-state index in [0.717, 1.165) is 5.56 Å². The second-order valence-electron chi connectivity index (χ2n) is 7.14. The molecule has 1 atom stereocenters. The van der Waals surface area contributed by atoms with E-state index in [-0.39, 0.29) is 23.3 Å². The van der Waals surface area contributed by atoms with Gasteiger partial charge in [0.1, 0.15) is 11.8 Å². The van der Waals surface area contributed by atoms with Crippen LogP contribution in [0.2, 0.25) is 0 Å². The molecule has 0 radical (unpaired) electrons. The van der Waals surface area contributed by atoms with Crippen molar-refractivity contribution in [2.45, 2.75) is 18.9 Å². The van der Waals surface area contributed by atoms with E-state index >= 15 is 0 Å². The number of carbonyl (C=O) groups excluding carboxylic acids is 3. The third kappa shape index (κ3) is 6.73. The monoisotopic (exact) mass is 435 g/mol. The van der Waals surface area contributed by atoms with Gasteiger partial charge in [-0.2, -0.15) is 0 Å². The summed E-state index contributed by atoms with van der Waals surface area (Å²) in [7, 11) is 0. The standard InChI is InChI=1S/C24H25N3O5/c28-19-10-4-9-18(16-19)22(29)25-12-6-13-26-23(30)20(15-17-7-2-1-3-8-17)27-24(31)21-11-5-14-32-21/h1-5,7-11,14,16,20,28H,6,12-13,15H2,(H,25,29)(H,26,30)(H,27,31). The van der Waals surface area contributed by atoms with Crippen molar-refractivity contribution < 1.29 is 23.9 Å². The molecular formula is C24H25N3O5. The van der Waals surface area contributed by atoms with Gasteiger partial charge in [-0.15, -0.1) is 0 Å². The van der Waals surface area contributed by atoms with E-state index in [1.807, 2.05) is 30.3 Å². The van der Waals surface area contributed by atoms with E-state index in [1.165, 1.54) is 24.5 Å². The molecule has 0 aliphatic carbocycles. The molecule has 4 N–H and O–H groups in total. The summed E-state index contributed by atoms with van der Waals surface area (Å²) in [6.45, 7) is 0.665. The highest BCUT2D eigenvalue weighted by Gasteiger charge is 2.22. The fourth-order valence-corrected chi connectivity index (χ4v) is 3.07. The number of carbonyl (C=O) groups is 3. The normalized spacial score (nSPS) is 11.4. The van der Waals surface area contributed by atoms with Gasteiger partial charge in [-0.25, -0.2) is 0 Å². The second-order valence-corrected chi connectivity index (χ2v) is 7.14. The minimum Gasteiger partial charge on any atom is -0.508 e. The van der Waals surface area contributed by atoms with Crippen LogP contribution in [-0.2, 0) is 11.2 Å². The van der Waals surface area contributed by atoms with Crippen LogP contribution in [0.3, 0.4) is 0 Å². The first-order valence-corrected chi connectivity index (χ1v) is 10.3. The smallest absolute Gasteiger partial charge is 0.287 e.